The predicted molar refractivity (Wildman–Crippen MR) is 121 cm³/mol. The lowest BCUT2D eigenvalue weighted by atomic mass is 9.81. The van der Waals surface area contributed by atoms with Crippen molar-refractivity contribution in [1.29, 1.82) is 0 Å². The maximum absolute atomic E-state index is 13.4. The first-order valence-corrected chi connectivity index (χ1v) is 10.2. The molecule has 0 saturated carbocycles. The number of ether oxygens (including phenoxy) is 1. The molecular weight excluding hydrogens is 390 g/mol. The molecule has 158 valence electrons. The molecule has 0 spiro atoms. The van der Waals surface area contributed by atoms with E-state index in [1.54, 1.807) is 52.1 Å². The van der Waals surface area contributed by atoms with Crippen LogP contribution in [0.3, 0.4) is 0 Å². The Morgan fingerprint density at radius 3 is 2.39 bits per heavy atom. The Balaban J connectivity index is 2.00. The van der Waals surface area contributed by atoms with Crippen molar-refractivity contribution in [3.63, 3.8) is 0 Å². The first kappa shape index (κ1) is 20.7. The first-order valence-electron chi connectivity index (χ1n) is 10.2. The lowest BCUT2D eigenvalue weighted by molar-refractivity contribution is -0.123. The lowest BCUT2D eigenvalue weighted by Gasteiger charge is -2.30. The molecule has 1 amide bonds. The van der Waals surface area contributed by atoms with Crippen LogP contribution in [0.1, 0.15) is 32.4 Å². The third-order valence-electron chi connectivity index (χ3n) is 5.58. The van der Waals surface area contributed by atoms with Crippen LogP contribution in [0.5, 0.6) is 5.75 Å². The number of hydrogen-bond donors (Lipinski definition) is 1. The molecule has 1 atom stereocenters. The molecule has 5 nitrogen and oxygen atoms in total. The van der Waals surface area contributed by atoms with E-state index >= 15 is 0 Å². The number of aliphatic hydroxyl groups is 1. The second kappa shape index (κ2) is 7.58. The summed E-state index contributed by atoms with van der Waals surface area (Å²) in [6, 6.07) is 19.9. The minimum Gasteiger partial charge on any atom is -0.503 e. The Labute approximate surface area is 181 Å². The lowest BCUT2D eigenvalue weighted by Crippen LogP contribution is -2.33. The molecule has 0 aromatic heterocycles. The Bertz CT molecular complexity index is 1210. The van der Waals surface area contributed by atoms with Gasteiger partial charge in [0.2, 0.25) is 0 Å². The number of hydrogen-bond acceptors (Lipinski definition) is 4. The molecule has 0 radical (unpaired) electrons. The normalized spacial score (nSPS) is 16.8. The zero-order chi connectivity index (χ0) is 22.3. The molecule has 31 heavy (non-hydrogen) atoms. The predicted octanol–water partition coefficient (Wildman–Crippen LogP) is 5.36. The molecule has 0 saturated heterocycles. The molecule has 4 rings (SSSR count). The fraction of sp³-hybridized carbons (Fsp3) is 0.231. The molecule has 1 heterocycles. The minimum atomic E-state index is -0.767. The molecule has 5 heteroatoms. The highest BCUT2D eigenvalue weighted by Gasteiger charge is 2.47. The van der Waals surface area contributed by atoms with E-state index in [1.165, 1.54) is 4.90 Å². The first-order chi connectivity index (χ1) is 14.7. The fourth-order valence-corrected chi connectivity index (χ4v) is 4.05. The zero-order valence-electron chi connectivity index (χ0n) is 18.0. The molecule has 0 bridgehead atoms. The van der Waals surface area contributed by atoms with Crippen LogP contribution in [0.15, 0.2) is 78.1 Å². The van der Waals surface area contributed by atoms with Crippen molar-refractivity contribution in [3.05, 3.63) is 83.6 Å². The fourth-order valence-electron chi connectivity index (χ4n) is 4.05. The van der Waals surface area contributed by atoms with Gasteiger partial charge in [0.05, 0.1) is 18.7 Å². The van der Waals surface area contributed by atoms with Crippen molar-refractivity contribution in [2.24, 2.45) is 5.41 Å². The van der Waals surface area contributed by atoms with Crippen LogP contribution >= 0.6 is 0 Å². The highest BCUT2D eigenvalue weighted by molar-refractivity contribution is 6.18. The molecule has 0 aliphatic carbocycles. The van der Waals surface area contributed by atoms with E-state index in [-0.39, 0.29) is 11.4 Å². The highest BCUT2D eigenvalue weighted by atomic mass is 16.5. The molecule has 1 unspecified atom stereocenters. The van der Waals surface area contributed by atoms with E-state index in [0.717, 1.165) is 16.3 Å². The number of anilines is 1. The van der Waals surface area contributed by atoms with Gasteiger partial charge in [0.1, 0.15) is 5.75 Å². The number of ketones is 1. The second-order valence-electron chi connectivity index (χ2n) is 8.69. The number of Topliss-reactive ketones (excluding diaryl/α,β-unsaturated/α-hetero) is 1. The average Bonchev–Trinajstić information content (AvgIpc) is 3.02. The van der Waals surface area contributed by atoms with Gasteiger partial charge in [-0.25, -0.2) is 0 Å². The van der Waals surface area contributed by atoms with Crippen LogP contribution in [0.25, 0.3) is 10.8 Å². The minimum absolute atomic E-state index is 0.122. The van der Waals surface area contributed by atoms with Crippen LogP contribution in [-0.2, 0) is 9.59 Å². The van der Waals surface area contributed by atoms with Gasteiger partial charge in [0, 0.05) is 17.2 Å². The Hall–Kier alpha value is -3.60. The Kier molecular flexibility index (Phi) is 5.05. The van der Waals surface area contributed by atoms with Gasteiger partial charge in [0.15, 0.2) is 11.5 Å². The van der Waals surface area contributed by atoms with Crippen LogP contribution in [0.2, 0.25) is 0 Å². The van der Waals surface area contributed by atoms with E-state index in [1.807, 2.05) is 42.5 Å². The monoisotopic (exact) mass is 415 g/mol. The summed E-state index contributed by atoms with van der Waals surface area (Å²) < 4.78 is 5.34. The zero-order valence-corrected chi connectivity index (χ0v) is 18.0. The largest absolute Gasteiger partial charge is 0.503 e. The third-order valence-corrected chi connectivity index (χ3v) is 5.58. The van der Waals surface area contributed by atoms with Crippen molar-refractivity contribution in [2.75, 3.05) is 12.0 Å². The molecule has 3 aromatic rings. The number of rotatable bonds is 4. The summed E-state index contributed by atoms with van der Waals surface area (Å²) in [5.74, 6) is -0.779. The van der Waals surface area contributed by atoms with Crippen LogP contribution < -0.4 is 9.64 Å². The smallest absolute Gasteiger partial charge is 0.294 e. The van der Waals surface area contributed by atoms with Gasteiger partial charge in [-0.15, -0.1) is 0 Å². The standard InChI is InChI=1S/C26H25NO4/c1-26(2,3)24(29)21-22(20-14-7-10-16-9-5-6-13-19(16)20)27(25(30)23(21)28)17-11-8-12-18(15-17)31-4/h5-15,22,28H,1-4H3. The molecule has 1 aliphatic heterocycles. The van der Waals surface area contributed by atoms with Crippen LogP contribution in [-0.4, -0.2) is 23.9 Å². The second-order valence-corrected chi connectivity index (χ2v) is 8.69. The highest BCUT2D eigenvalue weighted by Crippen LogP contribution is 2.45. The summed E-state index contributed by atoms with van der Waals surface area (Å²) in [6.45, 7) is 5.36. The number of benzene rings is 3. The van der Waals surface area contributed by atoms with Gasteiger partial charge in [-0.2, -0.15) is 0 Å². The summed E-state index contributed by atoms with van der Waals surface area (Å²) in [7, 11) is 1.55. The van der Waals surface area contributed by atoms with Gasteiger partial charge >= 0.3 is 0 Å². The number of nitrogens with zero attached hydrogens (tertiary/aromatic N) is 1. The van der Waals surface area contributed by atoms with Crippen molar-refractivity contribution in [2.45, 2.75) is 26.8 Å². The molecule has 0 fully saturated rings. The van der Waals surface area contributed by atoms with Gasteiger partial charge in [-0.3, -0.25) is 14.5 Å². The summed E-state index contributed by atoms with van der Waals surface area (Å²) in [4.78, 5) is 28.2. The number of fused-ring (bicyclic) bond motifs is 1. The van der Waals surface area contributed by atoms with Crippen molar-refractivity contribution in [1.82, 2.24) is 0 Å². The Morgan fingerprint density at radius 2 is 1.68 bits per heavy atom. The average molecular weight is 415 g/mol. The Morgan fingerprint density at radius 1 is 1.00 bits per heavy atom. The third kappa shape index (κ3) is 3.46. The maximum atomic E-state index is 13.4. The van der Waals surface area contributed by atoms with Gasteiger partial charge in [0.25, 0.3) is 5.91 Å². The van der Waals surface area contributed by atoms with Gasteiger partial charge < -0.3 is 9.84 Å². The van der Waals surface area contributed by atoms with E-state index in [9.17, 15) is 14.7 Å². The number of carbonyl (C=O) groups is 2. The van der Waals surface area contributed by atoms with E-state index in [2.05, 4.69) is 0 Å². The summed E-state index contributed by atoms with van der Waals surface area (Å²) in [6.07, 6.45) is 0. The van der Waals surface area contributed by atoms with E-state index < -0.39 is 23.1 Å². The van der Waals surface area contributed by atoms with Gasteiger partial charge in [-0.1, -0.05) is 69.3 Å². The number of methoxy groups -OCH3 is 1. The summed E-state index contributed by atoms with van der Waals surface area (Å²) >= 11 is 0. The van der Waals surface area contributed by atoms with Crippen LogP contribution in [0, 0.1) is 5.41 Å². The SMILES string of the molecule is COc1cccc(N2C(=O)C(O)=C(C(=O)C(C)(C)C)C2c2cccc3ccccc23)c1. The summed E-state index contributed by atoms with van der Waals surface area (Å²) in [5, 5.41) is 12.8. The molecule has 1 aliphatic rings. The molecule has 1 N–H and O–H groups in total. The van der Waals surface area contributed by atoms with E-state index in [0.29, 0.717) is 11.4 Å². The molecular formula is C26H25NO4. The van der Waals surface area contributed by atoms with Crippen molar-refractivity contribution < 1.29 is 19.4 Å². The number of aliphatic hydroxyl groups excluding tert-OH is 1. The van der Waals surface area contributed by atoms with Gasteiger partial charge in [-0.05, 0) is 28.5 Å². The number of amides is 1. The number of carbonyl (C=O) groups excluding carboxylic acids is 2. The maximum Gasteiger partial charge on any atom is 0.294 e. The van der Waals surface area contributed by atoms with Crippen molar-refractivity contribution >= 4 is 28.2 Å². The quantitative estimate of drug-likeness (QED) is 0.623. The summed E-state index contributed by atoms with van der Waals surface area (Å²) in [5.41, 5.74) is 0.685. The van der Waals surface area contributed by atoms with Crippen molar-refractivity contribution in [3.8, 4) is 5.75 Å². The topological polar surface area (TPSA) is 66.8 Å². The van der Waals surface area contributed by atoms with Crippen LogP contribution in [0.4, 0.5) is 5.69 Å². The van der Waals surface area contributed by atoms with E-state index in [4.69, 9.17) is 4.74 Å². The molecule has 3 aromatic carbocycles.